The molecule has 19 heavy (non-hydrogen) atoms. The number of aryl methyl sites for hydroxylation is 1. The van der Waals surface area contributed by atoms with Crippen molar-refractivity contribution in [2.75, 3.05) is 6.61 Å². The highest BCUT2D eigenvalue weighted by atomic mass is 19.1. The van der Waals surface area contributed by atoms with Gasteiger partial charge in [0, 0.05) is 12.0 Å². The molecule has 0 aliphatic heterocycles. The van der Waals surface area contributed by atoms with Crippen molar-refractivity contribution in [3.8, 4) is 5.75 Å². The van der Waals surface area contributed by atoms with E-state index in [1.54, 1.807) is 25.1 Å². The predicted octanol–water partition coefficient (Wildman–Crippen LogP) is 3.79. The van der Waals surface area contributed by atoms with Crippen molar-refractivity contribution in [2.24, 2.45) is 0 Å². The fraction of sp³-hybridized carbons (Fsp3) is 0.188. The molecule has 0 amide bonds. The molecule has 0 N–H and O–H groups in total. The number of ether oxygens (including phenoxy) is 1. The smallest absolute Gasteiger partial charge is 0.166 e. The van der Waals surface area contributed by atoms with Gasteiger partial charge in [-0.15, -0.1) is 0 Å². The second-order valence-corrected chi connectivity index (χ2v) is 4.30. The molecule has 0 saturated carbocycles. The Balaban J connectivity index is 1.88. The molecule has 0 fully saturated rings. The highest BCUT2D eigenvalue weighted by molar-refractivity contribution is 5.96. The lowest BCUT2D eigenvalue weighted by Gasteiger charge is -2.08. The van der Waals surface area contributed by atoms with Crippen LogP contribution in [-0.2, 0) is 0 Å². The van der Waals surface area contributed by atoms with Crippen LogP contribution in [0.5, 0.6) is 5.75 Å². The first-order valence-corrected chi connectivity index (χ1v) is 6.14. The molecule has 0 atom stereocenters. The third-order valence-electron chi connectivity index (χ3n) is 2.82. The van der Waals surface area contributed by atoms with Gasteiger partial charge in [-0.2, -0.15) is 0 Å². The van der Waals surface area contributed by atoms with Crippen molar-refractivity contribution < 1.29 is 13.9 Å². The van der Waals surface area contributed by atoms with Crippen LogP contribution in [0.15, 0.2) is 48.5 Å². The van der Waals surface area contributed by atoms with Crippen LogP contribution in [-0.4, -0.2) is 12.4 Å². The zero-order valence-corrected chi connectivity index (χ0v) is 10.7. The molecule has 2 nitrogen and oxygen atoms in total. The van der Waals surface area contributed by atoms with Crippen LogP contribution in [0.3, 0.4) is 0 Å². The first-order valence-electron chi connectivity index (χ1n) is 6.14. The molecule has 3 heteroatoms. The second kappa shape index (κ2) is 6.14. The van der Waals surface area contributed by atoms with E-state index in [9.17, 15) is 9.18 Å². The van der Waals surface area contributed by atoms with Crippen LogP contribution < -0.4 is 4.74 Å². The quantitative estimate of drug-likeness (QED) is 0.763. The summed E-state index contributed by atoms with van der Waals surface area (Å²) in [7, 11) is 0. The number of halogens is 1. The fourth-order valence-electron chi connectivity index (χ4n) is 1.80. The van der Waals surface area contributed by atoms with Gasteiger partial charge in [0.2, 0.25) is 0 Å². The molecular formula is C16H15FO2. The third kappa shape index (κ3) is 3.65. The number of carbonyl (C=O) groups excluding carboxylic acids is 1. The van der Waals surface area contributed by atoms with Crippen molar-refractivity contribution in [1.82, 2.24) is 0 Å². The molecule has 0 spiro atoms. The number of hydrogen-bond donors (Lipinski definition) is 0. The Labute approximate surface area is 111 Å². The number of benzene rings is 2. The lowest BCUT2D eigenvalue weighted by molar-refractivity contribution is 0.0962. The average molecular weight is 258 g/mol. The summed E-state index contributed by atoms with van der Waals surface area (Å²) in [6.45, 7) is 2.07. The SMILES string of the molecule is Cc1cc(F)ccc1OCCC(=O)c1ccccc1. The summed E-state index contributed by atoms with van der Waals surface area (Å²) in [5, 5.41) is 0. The minimum absolute atomic E-state index is 0.0420. The topological polar surface area (TPSA) is 26.3 Å². The Morgan fingerprint density at radius 3 is 2.58 bits per heavy atom. The third-order valence-corrected chi connectivity index (χ3v) is 2.82. The van der Waals surface area contributed by atoms with Gasteiger partial charge in [-0.1, -0.05) is 30.3 Å². The Morgan fingerprint density at radius 1 is 1.16 bits per heavy atom. The first-order chi connectivity index (χ1) is 9.16. The number of rotatable bonds is 5. The summed E-state index contributed by atoms with van der Waals surface area (Å²) in [6, 6.07) is 13.4. The molecular weight excluding hydrogens is 243 g/mol. The van der Waals surface area contributed by atoms with Gasteiger partial charge in [-0.3, -0.25) is 4.79 Å². The van der Waals surface area contributed by atoms with Gasteiger partial charge < -0.3 is 4.74 Å². The molecule has 0 heterocycles. The van der Waals surface area contributed by atoms with Crippen LogP contribution in [0.4, 0.5) is 4.39 Å². The first kappa shape index (κ1) is 13.3. The van der Waals surface area contributed by atoms with E-state index in [4.69, 9.17) is 4.74 Å². The number of ketones is 1. The highest BCUT2D eigenvalue weighted by Crippen LogP contribution is 2.18. The summed E-state index contributed by atoms with van der Waals surface area (Å²) < 4.78 is 18.4. The molecule has 98 valence electrons. The van der Waals surface area contributed by atoms with E-state index in [0.29, 0.717) is 24.3 Å². The van der Waals surface area contributed by atoms with Crippen LogP contribution in [0, 0.1) is 12.7 Å². The number of Topliss-reactive ketones (excluding diaryl/α,β-unsaturated/α-hetero) is 1. The van der Waals surface area contributed by atoms with Gasteiger partial charge in [0.1, 0.15) is 11.6 Å². The van der Waals surface area contributed by atoms with Crippen molar-refractivity contribution in [1.29, 1.82) is 0 Å². The standard InChI is InChI=1S/C16H15FO2/c1-12-11-14(17)7-8-16(12)19-10-9-15(18)13-5-3-2-4-6-13/h2-8,11H,9-10H2,1H3. The minimum Gasteiger partial charge on any atom is -0.493 e. The summed E-state index contributed by atoms with van der Waals surface area (Å²) in [5.74, 6) is 0.368. The maximum Gasteiger partial charge on any atom is 0.166 e. The Bertz CT molecular complexity index is 564. The van der Waals surface area contributed by atoms with Crippen LogP contribution in [0.25, 0.3) is 0 Å². The summed E-state index contributed by atoms with van der Waals surface area (Å²) in [4.78, 5) is 11.8. The largest absolute Gasteiger partial charge is 0.493 e. The molecule has 0 bridgehead atoms. The zero-order chi connectivity index (χ0) is 13.7. The molecule has 2 aromatic carbocycles. The summed E-state index contributed by atoms with van der Waals surface area (Å²) in [6.07, 6.45) is 0.306. The van der Waals surface area contributed by atoms with Crippen LogP contribution in [0.1, 0.15) is 22.3 Å². The normalized spacial score (nSPS) is 10.2. The highest BCUT2D eigenvalue weighted by Gasteiger charge is 2.06. The average Bonchev–Trinajstić information content (AvgIpc) is 2.42. The van der Waals surface area contributed by atoms with Gasteiger partial charge in [-0.05, 0) is 30.7 Å². The summed E-state index contributed by atoms with van der Waals surface area (Å²) in [5.41, 5.74) is 1.41. The number of carbonyl (C=O) groups is 1. The monoisotopic (exact) mass is 258 g/mol. The molecule has 0 aromatic heterocycles. The molecule has 0 radical (unpaired) electrons. The van der Waals surface area contributed by atoms with Crippen molar-refractivity contribution in [3.63, 3.8) is 0 Å². The summed E-state index contributed by atoms with van der Waals surface area (Å²) >= 11 is 0. The van der Waals surface area contributed by atoms with Gasteiger partial charge in [0.25, 0.3) is 0 Å². The van der Waals surface area contributed by atoms with Gasteiger partial charge in [0.15, 0.2) is 5.78 Å². The molecule has 2 aromatic rings. The van der Waals surface area contributed by atoms with E-state index in [2.05, 4.69) is 0 Å². The lowest BCUT2D eigenvalue weighted by Crippen LogP contribution is -2.07. The van der Waals surface area contributed by atoms with E-state index >= 15 is 0 Å². The van der Waals surface area contributed by atoms with E-state index in [0.717, 1.165) is 5.56 Å². The molecule has 0 aliphatic rings. The maximum absolute atomic E-state index is 12.9. The lowest BCUT2D eigenvalue weighted by atomic mass is 10.1. The zero-order valence-electron chi connectivity index (χ0n) is 10.7. The maximum atomic E-state index is 12.9. The Kier molecular flexibility index (Phi) is 4.29. The Morgan fingerprint density at radius 2 is 1.89 bits per heavy atom. The van der Waals surface area contributed by atoms with Crippen molar-refractivity contribution in [3.05, 3.63) is 65.5 Å². The second-order valence-electron chi connectivity index (χ2n) is 4.30. The van der Waals surface area contributed by atoms with Crippen LogP contribution in [0.2, 0.25) is 0 Å². The van der Waals surface area contributed by atoms with Gasteiger partial charge in [0.05, 0.1) is 6.61 Å². The number of hydrogen-bond acceptors (Lipinski definition) is 2. The van der Waals surface area contributed by atoms with E-state index in [-0.39, 0.29) is 11.6 Å². The Hall–Kier alpha value is -2.16. The van der Waals surface area contributed by atoms with Gasteiger partial charge in [-0.25, -0.2) is 4.39 Å². The minimum atomic E-state index is -0.287. The van der Waals surface area contributed by atoms with E-state index in [1.165, 1.54) is 12.1 Å². The van der Waals surface area contributed by atoms with E-state index in [1.807, 2.05) is 18.2 Å². The molecule has 0 saturated heterocycles. The van der Waals surface area contributed by atoms with Gasteiger partial charge >= 0.3 is 0 Å². The molecule has 2 rings (SSSR count). The fourth-order valence-corrected chi connectivity index (χ4v) is 1.80. The van der Waals surface area contributed by atoms with E-state index < -0.39 is 0 Å². The predicted molar refractivity (Wildman–Crippen MR) is 72.0 cm³/mol. The van der Waals surface area contributed by atoms with Crippen LogP contribution >= 0.6 is 0 Å². The molecule has 0 unspecified atom stereocenters. The van der Waals surface area contributed by atoms with Crippen molar-refractivity contribution >= 4 is 5.78 Å². The van der Waals surface area contributed by atoms with Crippen molar-refractivity contribution in [2.45, 2.75) is 13.3 Å². The molecule has 0 aliphatic carbocycles.